The third-order valence-corrected chi connectivity index (χ3v) is 4.54. The Morgan fingerprint density at radius 3 is 3.00 bits per heavy atom. The zero-order valence-electron chi connectivity index (χ0n) is 13.6. The van der Waals surface area contributed by atoms with E-state index in [1.165, 1.54) is 16.6 Å². The van der Waals surface area contributed by atoms with Gasteiger partial charge in [0.25, 0.3) is 5.09 Å². The van der Waals surface area contributed by atoms with Gasteiger partial charge in [0.2, 0.25) is 6.79 Å². The molecule has 0 saturated heterocycles. The van der Waals surface area contributed by atoms with Crippen molar-refractivity contribution in [2.24, 2.45) is 5.92 Å². The molecule has 0 aliphatic heterocycles. The van der Waals surface area contributed by atoms with E-state index >= 15 is 0 Å². The SMILES string of the molecule is C[C@@H]1CCc2c(c3ccccc3n2CCC(=O)OCO[N+](=O)[O-])C1. The van der Waals surface area contributed by atoms with Crippen molar-refractivity contribution in [1.29, 1.82) is 0 Å². The molecule has 0 bridgehead atoms. The van der Waals surface area contributed by atoms with Gasteiger partial charge in [-0.1, -0.05) is 25.1 Å². The van der Waals surface area contributed by atoms with Crippen LogP contribution in [-0.2, 0) is 33.8 Å². The van der Waals surface area contributed by atoms with Crippen LogP contribution in [0.15, 0.2) is 24.3 Å². The van der Waals surface area contributed by atoms with Gasteiger partial charge in [0.05, 0.1) is 6.42 Å². The van der Waals surface area contributed by atoms with Crippen LogP contribution in [0.1, 0.15) is 31.0 Å². The van der Waals surface area contributed by atoms with Crippen LogP contribution in [0.2, 0.25) is 0 Å². The first-order chi connectivity index (χ1) is 11.6. The van der Waals surface area contributed by atoms with Crippen LogP contribution in [0, 0.1) is 16.0 Å². The summed E-state index contributed by atoms with van der Waals surface area (Å²) in [6.45, 7) is 2.11. The van der Waals surface area contributed by atoms with Crippen LogP contribution in [0.5, 0.6) is 0 Å². The zero-order valence-corrected chi connectivity index (χ0v) is 13.6. The van der Waals surface area contributed by atoms with Gasteiger partial charge in [-0.3, -0.25) is 9.63 Å². The van der Waals surface area contributed by atoms with Crippen molar-refractivity contribution in [1.82, 2.24) is 4.57 Å². The van der Waals surface area contributed by atoms with Crippen molar-refractivity contribution >= 4 is 16.9 Å². The van der Waals surface area contributed by atoms with Crippen LogP contribution < -0.4 is 0 Å². The molecule has 0 spiro atoms. The predicted molar refractivity (Wildman–Crippen MR) is 86.8 cm³/mol. The lowest BCUT2D eigenvalue weighted by molar-refractivity contribution is -0.765. The maximum atomic E-state index is 11.7. The fourth-order valence-electron chi connectivity index (χ4n) is 3.44. The number of aromatic nitrogens is 1. The average molecular weight is 332 g/mol. The normalized spacial score (nSPS) is 16.6. The van der Waals surface area contributed by atoms with Crippen molar-refractivity contribution in [3.63, 3.8) is 0 Å². The Balaban J connectivity index is 1.75. The number of para-hydroxylation sites is 1. The number of nitrogens with zero attached hydrogens (tertiary/aromatic N) is 2. The third kappa shape index (κ3) is 3.34. The van der Waals surface area contributed by atoms with Crippen LogP contribution in [0.4, 0.5) is 0 Å². The van der Waals surface area contributed by atoms with E-state index in [2.05, 4.69) is 28.5 Å². The van der Waals surface area contributed by atoms with Crippen LogP contribution >= 0.6 is 0 Å². The molecule has 1 atom stereocenters. The summed E-state index contributed by atoms with van der Waals surface area (Å²) in [6, 6.07) is 8.23. The number of ether oxygens (including phenoxy) is 1. The third-order valence-electron chi connectivity index (χ3n) is 4.54. The van der Waals surface area contributed by atoms with E-state index in [1.807, 2.05) is 12.1 Å². The van der Waals surface area contributed by atoms with E-state index in [0.717, 1.165) is 24.8 Å². The molecule has 24 heavy (non-hydrogen) atoms. The summed E-state index contributed by atoms with van der Waals surface area (Å²) >= 11 is 0. The molecule has 1 aromatic carbocycles. The Hall–Kier alpha value is -2.57. The smallest absolute Gasteiger partial charge is 0.309 e. The molecule has 1 heterocycles. The van der Waals surface area contributed by atoms with E-state index in [0.29, 0.717) is 12.5 Å². The summed E-state index contributed by atoms with van der Waals surface area (Å²) in [5, 5.41) is 10.3. The molecule has 7 heteroatoms. The highest BCUT2D eigenvalue weighted by Gasteiger charge is 2.23. The van der Waals surface area contributed by atoms with Gasteiger partial charge < -0.3 is 9.30 Å². The molecule has 3 rings (SSSR count). The Bertz CT molecular complexity index is 768. The maximum absolute atomic E-state index is 11.7. The lowest BCUT2D eigenvalue weighted by Gasteiger charge is -2.20. The van der Waals surface area contributed by atoms with Crippen molar-refractivity contribution in [3.05, 3.63) is 45.6 Å². The van der Waals surface area contributed by atoms with E-state index in [-0.39, 0.29) is 6.42 Å². The van der Waals surface area contributed by atoms with E-state index in [9.17, 15) is 14.9 Å². The van der Waals surface area contributed by atoms with Crippen molar-refractivity contribution in [3.8, 4) is 0 Å². The minimum absolute atomic E-state index is 0.155. The number of esters is 1. The minimum Gasteiger partial charge on any atom is -0.438 e. The molecule has 0 amide bonds. The highest BCUT2D eigenvalue weighted by molar-refractivity contribution is 5.86. The Labute approximate surface area is 139 Å². The van der Waals surface area contributed by atoms with Crippen molar-refractivity contribution < 1.29 is 19.5 Å². The number of carbonyl (C=O) groups excluding carboxylic acids is 1. The fourth-order valence-corrected chi connectivity index (χ4v) is 3.44. The monoisotopic (exact) mass is 332 g/mol. The summed E-state index contributed by atoms with van der Waals surface area (Å²) in [6.07, 6.45) is 3.36. The van der Waals surface area contributed by atoms with Crippen molar-refractivity contribution in [2.75, 3.05) is 6.79 Å². The van der Waals surface area contributed by atoms with Gasteiger partial charge in [-0.05, 0) is 36.8 Å². The summed E-state index contributed by atoms with van der Waals surface area (Å²) < 4.78 is 6.89. The van der Waals surface area contributed by atoms with Gasteiger partial charge >= 0.3 is 5.97 Å². The first-order valence-electron chi connectivity index (χ1n) is 8.08. The van der Waals surface area contributed by atoms with Gasteiger partial charge in [0.15, 0.2) is 0 Å². The molecule has 1 aromatic heterocycles. The lowest BCUT2D eigenvalue weighted by Crippen LogP contribution is -2.17. The van der Waals surface area contributed by atoms with Gasteiger partial charge in [0.1, 0.15) is 0 Å². The number of rotatable bonds is 6. The first-order valence-corrected chi connectivity index (χ1v) is 8.08. The summed E-state index contributed by atoms with van der Waals surface area (Å²) in [4.78, 5) is 25.8. The standard InChI is InChI=1S/C17H20N2O5/c1-12-6-7-16-14(10-12)13-4-2-3-5-15(13)18(16)9-8-17(20)23-11-24-19(21)22/h2-5,12H,6-11H2,1H3/t12-/m1/s1. The lowest BCUT2D eigenvalue weighted by atomic mass is 9.88. The summed E-state index contributed by atoms with van der Waals surface area (Å²) in [5.41, 5.74) is 3.81. The molecule has 0 saturated carbocycles. The maximum Gasteiger partial charge on any atom is 0.309 e. The summed E-state index contributed by atoms with van der Waals surface area (Å²) in [7, 11) is 0. The molecule has 0 fully saturated rings. The number of carbonyl (C=O) groups is 1. The number of aryl methyl sites for hydroxylation is 1. The average Bonchev–Trinajstić information content (AvgIpc) is 2.86. The largest absolute Gasteiger partial charge is 0.438 e. The Morgan fingerprint density at radius 2 is 2.21 bits per heavy atom. The molecule has 0 radical (unpaired) electrons. The van der Waals surface area contributed by atoms with E-state index in [1.54, 1.807) is 0 Å². The molecular weight excluding hydrogens is 312 g/mol. The number of benzene rings is 1. The molecule has 1 aliphatic rings. The predicted octanol–water partition coefficient (Wildman–Crippen LogP) is 2.87. The minimum atomic E-state index is -0.982. The summed E-state index contributed by atoms with van der Waals surface area (Å²) in [5.74, 6) is 0.161. The van der Waals surface area contributed by atoms with Gasteiger partial charge in [-0.2, -0.15) is 0 Å². The molecule has 0 unspecified atom stereocenters. The molecular formula is C17H20N2O5. The molecule has 2 aromatic rings. The van der Waals surface area contributed by atoms with E-state index in [4.69, 9.17) is 4.74 Å². The topological polar surface area (TPSA) is 83.6 Å². The second-order valence-electron chi connectivity index (χ2n) is 6.18. The number of hydrogen-bond donors (Lipinski definition) is 0. The Morgan fingerprint density at radius 1 is 1.42 bits per heavy atom. The van der Waals surface area contributed by atoms with Crippen LogP contribution in [0.25, 0.3) is 10.9 Å². The molecule has 7 nitrogen and oxygen atoms in total. The second kappa shape index (κ2) is 6.90. The fraction of sp³-hybridized carbons (Fsp3) is 0.471. The zero-order chi connectivity index (χ0) is 17.1. The Kier molecular flexibility index (Phi) is 4.69. The van der Waals surface area contributed by atoms with Crippen LogP contribution in [0.3, 0.4) is 0 Å². The number of fused-ring (bicyclic) bond motifs is 3. The number of hydrogen-bond acceptors (Lipinski definition) is 5. The van der Waals surface area contributed by atoms with Gasteiger partial charge in [-0.25, -0.2) is 0 Å². The van der Waals surface area contributed by atoms with Gasteiger partial charge in [-0.15, -0.1) is 10.1 Å². The van der Waals surface area contributed by atoms with Crippen molar-refractivity contribution in [2.45, 2.75) is 39.2 Å². The molecule has 128 valence electrons. The molecule has 0 N–H and O–H groups in total. The van der Waals surface area contributed by atoms with Gasteiger partial charge in [0, 0.05) is 23.1 Å². The highest BCUT2D eigenvalue weighted by Crippen LogP contribution is 2.34. The first kappa shape index (κ1) is 16.3. The quantitative estimate of drug-likeness (QED) is 0.351. The van der Waals surface area contributed by atoms with Crippen LogP contribution in [-0.4, -0.2) is 22.4 Å². The molecule has 1 aliphatic carbocycles. The highest BCUT2D eigenvalue weighted by atomic mass is 17.0. The second-order valence-corrected chi connectivity index (χ2v) is 6.18. The van der Waals surface area contributed by atoms with E-state index < -0.39 is 17.8 Å².